The Hall–Kier alpha value is -3.30. The van der Waals surface area contributed by atoms with E-state index < -0.39 is 0 Å². The van der Waals surface area contributed by atoms with Gasteiger partial charge in [0.1, 0.15) is 11.5 Å². The van der Waals surface area contributed by atoms with Crippen molar-refractivity contribution >= 4 is 11.6 Å². The highest BCUT2D eigenvalue weighted by Crippen LogP contribution is 2.40. The number of rotatable bonds is 8. The number of amides is 1. The molecule has 2 aliphatic rings. The molecular weight excluding hydrogens is 438 g/mol. The third-order valence-corrected chi connectivity index (χ3v) is 6.14. The fourth-order valence-electron chi connectivity index (χ4n) is 4.29. The standard InChI is InChI=1S/C25H31N3O6/c1-30-18-6-7-19(23(14-18)32-3)21-15-20(17-5-8-22(31-2)24(13-17)33-4)26-28(21)25(29)16-27-9-11-34-12-10-27/h5-8,13-14,21H,9-12,15-16H2,1-4H3/t21-/m0/s1. The van der Waals surface area contributed by atoms with Crippen LogP contribution >= 0.6 is 0 Å². The molecule has 4 rings (SSSR count). The Bertz CT molecular complexity index is 1050. The summed E-state index contributed by atoms with van der Waals surface area (Å²) in [5.41, 5.74) is 2.54. The van der Waals surface area contributed by atoms with Crippen LogP contribution in [0.5, 0.6) is 23.0 Å². The number of hydrogen-bond donors (Lipinski definition) is 0. The summed E-state index contributed by atoms with van der Waals surface area (Å²) < 4.78 is 27.3. The lowest BCUT2D eigenvalue weighted by Crippen LogP contribution is -2.43. The van der Waals surface area contributed by atoms with E-state index in [0.29, 0.717) is 42.6 Å². The minimum atomic E-state index is -0.308. The van der Waals surface area contributed by atoms with E-state index in [1.54, 1.807) is 33.4 Å². The topological polar surface area (TPSA) is 82.1 Å². The van der Waals surface area contributed by atoms with Gasteiger partial charge in [-0.1, -0.05) is 0 Å². The number of methoxy groups -OCH3 is 4. The summed E-state index contributed by atoms with van der Waals surface area (Å²) in [7, 11) is 6.42. The molecule has 0 bridgehead atoms. The van der Waals surface area contributed by atoms with Gasteiger partial charge < -0.3 is 23.7 Å². The number of morpholine rings is 1. The van der Waals surface area contributed by atoms with Crippen LogP contribution in [-0.4, -0.2) is 82.8 Å². The van der Waals surface area contributed by atoms with Crippen molar-refractivity contribution in [3.63, 3.8) is 0 Å². The highest BCUT2D eigenvalue weighted by Gasteiger charge is 2.36. The van der Waals surface area contributed by atoms with Crippen molar-refractivity contribution < 1.29 is 28.5 Å². The molecule has 1 fully saturated rings. The van der Waals surface area contributed by atoms with Crippen molar-refractivity contribution in [2.24, 2.45) is 5.10 Å². The Labute approximate surface area is 199 Å². The molecule has 9 heteroatoms. The molecule has 9 nitrogen and oxygen atoms in total. The molecule has 0 N–H and O–H groups in total. The molecule has 0 unspecified atom stereocenters. The number of nitrogens with zero attached hydrogens (tertiary/aromatic N) is 3. The predicted octanol–water partition coefficient (Wildman–Crippen LogP) is 2.73. The number of hydrazone groups is 1. The molecule has 0 radical (unpaired) electrons. The second-order valence-electron chi connectivity index (χ2n) is 8.07. The first-order chi connectivity index (χ1) is 16.6. The zero-order valence-corrected chi connectivity index (χ0v) is 20.1. The monoisotopic (exact) mass is 469 g/mol. The predicted molar refractivity (Wildman–Crippen MR) is 127 cm³/mol. The fraction of sp³-hybridized carbons (Fsp3) is 0.440. The van der Waals surface area contributed by atoms with Crippen LogP contribution in [0.2, 0.25) is 0 Å². The third kappa shape index (κ3) is 4.95. The molecule has 2 heterocycles. The molecule has 34 heavy (non-hydrogen) atoms. The Balaban J connectivity index is 1.68. The van der Waals surface area contributed by atoms with Crippen LogP contribution in [0.3, 0.4) is 0 Å². The molecule has 2 aromatic carbocycles. The number of ether oxygens (including phenoxy) is 5. The molecule has 0 aliphatic carbocycles. The van der Waals surface area contributed by atoms with Crippen LogP contribution in [0, 0.1) is 0 Å². The lowest BCUT2D eigenvalue weighted by atomic mass is 9.97. The lowest BCUT2D eigenvalue weighted by Gasteiger charge is -2.29. The van der Waals surface area contributed by atoms with E-state index in [-0.39, 0.29) is 18.5 Å². The van der Waals surface area contributed by atoms with Gasteiger partial charge in [0.05, 0.1) is 60.0 Å². The summed E-state index contributed by atoms with van der Waals surface area (Å²) in [4.78, 5) is 15.5. The minimum absolute atomic E-state index is 0.0692. The second-order valence-corrected chi connectivity index (χ2v) is 8.07. The molecule has 2 aliphatic heterocycles. The first-order valence-corrected chi connectivity index (χ1v) is 11.2. The largest absolute Gasteiger partial charge is 0.497 e. The summed E-state index contributed by atoms with van der Waals surface area (Å²) in [5.74, 6) is 2.51. The van der Waals surface area contributed by atoms with Crippen molar-refractivity contribution in [2.45, 2.75) is 12.5 Å². The summed E-state index contributed by atoms with van der Waals surface area (Å²) in [6.45, 7) is 2.98. The smallest absolute Gasteiger partial charge is 0.257 e. The number of benzene rings is 2. The van der Waals surface area contributed by atoms with Crippen molar-refractivity contribution in [2.75, 3.05) is 61.3 Å². The second kappa shape index (κ2) is 10.8. The number of carbonyl (C=O) groups excluding carboxylic acids is 1. The molecule has 182 valence electrons. The highest BCUT2D eigenvalue weighted by atomic mass is 16.5. The van der Waals surface area contributed by atoms with Crippen molar-refractivity contribution in [3.8, 4) is 23.0 Å². The lowest BCUT2D eigenvalue weighted by molar-refractivity contribution is -0.135. The van der Waals surface area contributed by atoms with E-state index in [4.69, 9.17) is 28.8 Å². The van der Waals surface area contributed by atoms with Gasteiger partial charge in [-0.05, 0) is 30.3 Å². The van der Waals surface area contributed by atoms with Gasteiger partial charge in [-0.2, -0.15) is 5.10 Å². The molecule has 0 spiro atoms. The van der Waals surface area contributed by atoms with Crippen molar-refractivity contribution in [1.82, 2.24) is 9.91 Å². The van der Waals surface area contributed by atoms with Gasteiger partial charge in [0.25, 0.3) is 5.91 Å². The maximum atomic E-state index is 13.4. The average Bonchev–Trinajstić information content (AvgIpc) is 3.34. The van der Waals surface area contributed by atoms with Gasteiger partial charge in [-0.3, -0.25) is 9.69 Å². The summed E-state index contributed by atoms with van der Waals surface area (Å²) in [6.07, 6.45) is 0.535. The Morgan fingerprint density at radius 1 is 0.941 bits per heavy atom. The van der Waals surface area contributed by atoms with Gasteiger partial charge in [0.2, 0.25) is 0 Å². The fourth-order valence-corrected chi connectivity index (χ4v) is 4.29. The molecule has 2 aromatic rings. The van der Waals surface area contributed by atoms with Gasteiger partial charge in [-0.25, -0.2) is 5.01 Å². The molecular formula is C25H31N3O6. The van der Waals surface area contributed by atoms with E-state index in [0.717, 1.165) is 29.9 Å². The Kier molecular flexibility index (Phi) is 7.54. The minimum Gasteiger partial charge on any atom is -0.497 e. The molecule has 0 aromatic heterocycles. The van der Waals surface area contributed by atoms with E-state index in [9.17, 15) is 4.79 Å². The summed E-state index contributed by atoms with van der Waals surface area (Å²) in [6, 6.07) is 11.0. The van der Waals surface area contributed by atoms with E-state index in [2.05, 4.69) is 4.90 Å². The Morgan fingerprint density at radius 2 is 1.68 bits per heavy atom. The first-order valence-electron chi connectivity index (χ1n) is 11.2. The first kappa shape index (κ1) is 23.8. The van der Waals surface area contributed by atoms with E-state index in [1.807, 2.05) is 36.4 Å². The Morgan fingerprint density at radius 3 is 2.35 bits per heavy atom. The zero-order chi connectivity index (χ0) is 24.1. The summed E-state index contributed by atoms with van der Waals surface area (Å²) >= 11 is 0. The maximum absolute atomic E-state index is 13.4. The molecule has 0 saturated carbocycles. The summed E-state index contributed by atoms with van der Waals surface area (Å²) in [5, 5.41) is 6.38. The average molecular weight is 470 g/mol. The van der Waals surface area contributed by atoms with Crippen LogP contribution in [0.4, 0.5) is 0 Å². The van der Waals surface area contributed by atoms with E-state index >= 15 is 0 Å². The van der Waals surface area contributed by atoms with Gasteiger partial charge >= 0.3 is 0 Å². The SMILES string of the molecule is COc1ccc([C@@H]2CC(c3ccc(OC)c(OC)c3)=NN2C(=O)CN2CCOCC2)c(OC)c1. The van der Waals surface area contributed by atoms with Crippen LogP contribution in [-0.2, 0) is 9.53 Å². The normalized spacial score (nSPS) is 18.4. The zero-order valence-electron chi connectivity index (χ0n) is 20.1. The van der Waals surface area contributed by atoms with Gasteiger partial charge in [-0.15, -0.1) is 0 Å². The van der Waals surface area contributed by atoms with Crippen LogP contribution in [0.25, 0.3) is 0 Å². The molecule has 1 saturated heterocycles. The maximum Gasteiger partial charge on any atom is 0.257 e. The third-order valence-electron chi connectivity index (χ3n) is 6.14. The number of hydrogen-bond acceptors (Lipinski definition) is 8. The number of carbonyl (C=O) groups is 1. The van der Waals surface area contributed by atoms with Gasteiger partial charge in [0, 0.05) is 36.7 Å². The highest BCUT2D eigenvalue weighted by molar-refractivity contribution is 6.03. The van der Waals surface area contributed by atoms with Gasteiger partial charge in [0.15, 0.2) is 11.5 Å². The van der Waals surface area contributed by atoms with Crippen LogP contribution < -0.4 is 18.9 Å². The molecule has 1 amide bonds. The van der Waals surface area contributed by atoms with Crippen LogP contribution in [0.15, 0.2) is 41.5 Å². The van der Waals surface area contributed by atoms with E-state index in [1.165, 1.54) is 0 Å². The molecule has 1 atom stereocenters. The van der Waals surface area contributed by atoms with Crippen molar-refractivity contribution in [3.05, 3.63) is 47.5 Å². The van der Waals surface area contributed by atoms with Crippen LogP contribution in [0.1, 0.15) is 23.6 Å². The quantitative estimate of drug-likeness (QED) is 0.588. The van der Waals surface area contributed by atoms with Crippen molar-refractivity contribution in [1.29, 1.82) is 0 Å².